The molecule has 0 N–H and O–H groups in total. The van der Waals surface area contributed by atoms with Crippen LogP contribution in [-0.2, 0) is 6.42 Å². The minimum atomic E-state index is 0.568. The van der Waals surface area contributed by atoms with Crippen molar-refractivity contribution in [2.45, 2.75) is 25.7 Å². The molecule has 1 heterocycles. The Kier molecular flexibility index (Phi) is 2.58. The molecule has 1 aliphatic heterocycles. The lowest BCUT2D eigenvalue weighted by molar-refractivity contribution is 0.357. The fraction of sp³-hybridized carbons (Fsp3) is 0.385. The first-order chi connectivity index (χ1) is 6.81. The largest absolute Gasteiger partial charge is 0.493 e. The minimum Gasteiger partial charge on any atom is -0.493 e. The van der Waals surface area contributed by atoms with Crippen molar-refractivity contribution in [2.75, 3.05) is 6.61 Å². The van der Waals surface area contributed by atoms with Crippen LogP contribution in [0.25, 0.3) is 0 Å². The van der Waals surface area contributed by atoms with Gasteiger partial charge in [0.2, 0.25) is 0 Å². The van der Waals surface area contributed by atoms with Gasteiger partial charge >= 0.3 is 0 Å². The Balaban J connectivity index is 2.23. The highest BCUT2D eigenvalue weighted by molar-refractivity contribution is 5.40. The molecule has 0 spiro atoms. The first kappa shape index (κ1) is 9.32. The van der Waals surface area contributed by atoms with Crippen molar-refractivity contribution in [2.24, 2.45) is 0 Å². The SMILES string of the molecule is C=CCC(C)c1ccc2c(c1)CCO2. The van der Waals surface area contributed by atoms with E-state index in [1.54, 1.807) is 0 Å². The maximum Gasteiger partial charge on any atom is 0.122 e. The number of benzene rings is 1. The third kappa shape index (κ3) is 1.67. The molecule has 0 amide bonds. The smallest absolute Gasteiger partial charge is 0.122 e. The molecule has 0 aliphatic carbocycles. The minimum absolute atomic E-state index is 0.568. The Bertz CT molecular complexity index is 341. The summed E-state index contributed by atoms with van der Waals surface area (Å²) in [6, 6.07) is 6.53. The van der Waals surface area contributed by atoms with Gasteiger partial charge < -0.3 is 4.74 Å². The lowest BCUT2D eigenvalue weighted by atomic mass is 9.95. The Morgan fingerprint density at radius 1 is 1.57 bits per heavy atom. The van der Waals surface area contributed by atoms with Gasteiger partial charge in [-0.05, 0) is 29.5 Å². The van der Waals surface area contributed by atoms with Crippen LogP contribution in [-0.4, -0.2) is 6.61 Å². The van der Waals surface area contributed by atoms with E-state index in [4.69, 9.17) is 4.74 Å². The Labute approximate surface area is 85.4 Å². The zero-order valence-corrected chi connectivity index (χ0v) is 8.62. The monoisotopic (exact) mass is 188 g/mol. The molecular formula is C13H16O. The van der Waals surface area contributed by atoms with E-state index >= 15 is 0 Å². The molecule has 74 valence electrons. The van der Waals surface area contributed by atoms with E-state index in [9.17, 15) is 0 Å². The van der Waals surface area contributed by atoms with Gasteiger partial charge in [0, 0.05) is 6.42 Å². The van der Waals surface area contributed by atoms with Crippen molar-refractivity contribution in [3.8, 4) is 5.75 Å². The average molecular weight is 188 g/mol. The van der Waals surface area contributed by atoms with Crippen LogP contribution in [0.1, 0.15) is 30.4 Å². The van der Waals surface area contributed by atoms with Crippen molar-refractivity contribution in [1.29, 1.82) is 0 Å². The first-order valence-electron chi connectivity index (χ1n) is 5.18. The average Bonchev–Trinajstić information content (AvgIpc) is 2.64. The van der Waals surface area contributed by atoms with E-state index < -0.39 is 0 Å². The van der Waals surface area contributed by atoms with Crippen molar-refractivity contribution in [3.63, 3.8) is 0 Å². The summed E-state index contributed by atoms with van der Waals surface area (Å²) in [6.07, 6.45) is 4.08. The lowest BCUT2D eigenvalue weighted by Gasteiger charge is -2.10. The Morgan fingerprint density at radius 3 is 3.21 bits per heavy atom. The maximum absolute atomic E-state index is 5.47. The summed E-state index contributed by atoms with van der Waals surface area (Å²) in [7, 11) is 0. The quantitative estimate of drug-likeness (QED) is 0.661. The normalized spacial score (nSPS) is 15.8. The molecule has 0 aromatic heterocycles. The van der Waals surface area contributed by atoms with Crippen LogP contribution in [0.4, 0.5) is 0 Å². The van der Waals surface area contributed by atoms with E-state index in [1.165, 1.54) is 11.1 Å². The number of allylic oxidation sites excluding steroid dienone is 1. The van der Waals surface area contributed by atoms with Crippen molar-refractivity contribution in [1.82, 2.24) is 0 Å². The van der Waals surface area contributed by atoms with Crippen LogP contribution in [0.3, 0.4) is 0 Å². The van der Waals surface area contributed by atoms with Crippen LogP contribution in [0.15, 0.2) is 30.9 Å². The second-order valence-electron chi connectivity index (χ2n) is 3.89. The molecule has 0 radical (unpaired) electrons. The van der Waals surface area contributed by atoms with Gasteiger partial charge in [0.25, 0.3) is 0 Å². The highest BCUT2D eigenvalue weighted by Crippen LogP contribution is 2.29. The van der Waals surface area contributed by atoms with Crippen LogP contribution in [0.5, 0.6) is 5.75 Å². The van der Waals surface area contributed by atoms with E-state index in [0.29, 0.717) is 5.92 Å². The number of hydrogen-bond donors (Lipinski definition) is 0. The summed E-state index contributed by atoms with van der Waals surface area (Å²) < 4.78 is 5.47. The number of fused-ring (bicyclic) bond motifs is 1. The van der Waals surface area contributed by atoms with E-state index in [2.05, 4.69) is 31.7 Å². The molecule has 0 fully saturated rings. The number of ether oxygens (including phenoxy) is 1. The van der Waals surface area contributed by atoms with E-state index in [0.717, 1.165) is 25.2 Å². The number of hydrogen-bond acceptors (Lipinski definition) is 1. The van der Waals surface area contributed by atoms with Crippen LogP contribution in [0.2, 0.25) is 0 Å². The maximum atomic E-state index is 5.47. The van der Waals surface area contributed by atoms with Gasteiger partial charge in [0.15, 0.2) is 0 Å². The summed E-state index contributed by atoms with van der Waals surface area (Å²) in [5, 5.41) is 0. The lowest BCUT2D eigenvalue weighted by Crippen LogP contribution is -1.92. The molecule has 14 heavy (non-hydrogen) atoms. The summed E-state index contributed by atoms with van der Waals surface area (Å²) in [4.78, 5) is 0. The van der Waals surface area contributed by atoms with Crippen molar-refractivity contribution >= 4 is 0 Å². The first-order valence-corrected chi connectivity index (χ1v) is 5.18. The molecule has 1 atom stereocenters. The molecular weight excluding hydrogens is 172 g/mol. The molecule has 1 aromatic carbocycles. The third-order valence-electron chi connectivity index (χ3n) is 2.80. The van der Waals surface area contributed by atoms with Gasteiger partial charge in [0.1, 0.15) is 5.75 Å². The molecule has 0 saturated carbocycles. The van der Waals surface area contributed by atoms with Gasteiger partial charge in [-0.25, -0.2) is 0 Å². The zero-order chi connectivity index (χ0) is 9.97. The fourth-order valence-electron chi connectivity index (χ4n) is 1.90. The standard InChI is InChI=1S/C13H16O/c1-3-4-10(2)11-5-6-13-12(9-11)7-8-14-13/h3,5-6,9-10H,1,4,7-8H2,2H3. The predicted molar refractivity (Wildman–Crippen MR) is 58.9 cm³/mol. The molecule has 1 aliphatic rings. The second-order valence-corrected chi connectivity index (χ2v) is 3.89. The summed E-state index contributed by atoms with van der Waals surface area (Å²) in [5.74, 6) is 1.64. The zero-order valence-electron chi connectivity index (χ0n) is 8.62. The second kappa shape index (κ2) is 3.87. The van der Waals surface area contributed by atoms with Crippen molar-refractivity contribution in [3.05, 3.63) is 42.0 Å². The molecule has 1 unspecified atom stereocenters. The molecule has 1 heteroatoms. The van der Waals surface area contributed by atoms with Crippen LogP contribution in [0, 0.1) is 0 Å². The van der Waals surface area contributed by atoms with Crippen LogP contribution >= 0.6 is 0 Å². The Morgan fingerprint density at radius 2 is 2.43 bits per heavy atom. The van der Waals surface area contributed by atoms with Gasteiger partial charge in [-0.1, -0.05) is 25.1 Å². The summed E-state index contributed by atoms with van der Waals surface area (Å²) in [5.41, 5.74) is 2.76. The molecule has 0 bridgehead atoms. The molecule has 1 aromatic rings. The predicted octanol–water partition coefficient (Wildman–Crippen LogP) is 3.30. The topological polar surface area (TPSA) is 9.23 Å². The highest BCUT2D eigenvalue weighted by atomic mass is 16.5. The van der Waals surface area contributed by atoms with E-state index in [1.807, 2.05) is 6.08 Å². The molecule has 0 saturated heterocycles. The highest BCUT2D eigenvalue weighted by Gasteiger charge is 2.13. The Hall–Kier alpha value is -1.24. The summed E-state index contributed by atoms with van der Waals surface area (Å²) >= 11 is 0. The van der Waals surface area contributed by atoms with Gasteiger partial charge in [-0.15, -0.1) is 6.58 Å². The summed E-state index contributed by atoms with van der Waals surface area (Å²) in [6.45, 7) is 6.85. The van der Waals surface area contributed by atoms with Gasteiger partial charge in [-0.2, -0.15) is 0 Å². The fourth-order valence-corrected chi connectivity index (χ4v) is 1.90. The van der Waals surface area contributed by atoms with Crippen LogP contribution < -0.4 is 4.74 Å². The third-order valence-corrected chi connectivity index (χ3v) is 2.80. The van der Waals surface area contributed by atoms with Crippen molar-refractivity contribution < 1.29 is 4.74 Å². The molecule has 2 rings (SSSR count). The van der Waals surface area contributed by atoms with Gasteiger partial charge in [-0.3, -0.25) is 0 Å². The van der Waals surface area contributed by atoms with Gasteiger partial charge in [0.05, 0.1) is 6.61 Å². The molecule has 1 nitrogen and oxygen atoms in total. The van der Waals surface area contributed by atoms with E-state index in [-0.39, 0.29) is 0 Å². The number of rotatable bonds is 3.